The number of esters is 1. The topological polar surface area (TPSA) is 130 Å². The first-order chi connectivity index (χ1) is 15.3. The molecule has 2 aliphatic rings. The summed E-state index contributed by atoms with van der Waals surface area (Å²) in [4.78, 5) is 74.5. The predicted molar refractivity (Wildman–Crippen MR) is 109 cm³/mol. The first kappa shape index (κ1) is 20.9. The van der Waals surface area contributed by atoms with Gasteiger partial charge in [0.25, 0.3) is 29.5 Å². The molecule has 162 valence electrons. The average Bonchev–Trinajstić information content (AvgIpc) is 3.16. The van der Waals surface area contributed by atoms with Crippen molar-refractivity contribution < 1.29 is 33.5 Å². The second kappa shape index (κ2) is 8.06. The number of anilines is 1. The molecule has 2 aliphatic heterocycles. The molecular weight excluding hydrogens is 418 g/mol. The number of fused-ring (bicyclic) bond motifs is 2. The number of carbonyl (C=O) groups is 6. The van der Waals surface area contributed by atoms with Crippen molar-refractivity contribution >= 4 is 41.2 Å². The van der Waals surface area contributed by atoms with E-state index in [1.54, 1.807) is 24.3 Å². The van der Waals surface area contributed by atoms with Crippen molar-refractivity contribution in [3.63, 3.8) is 0 Å². The number of imide groups is 2. The SMILES string of the molecule is CN1C(=O)c2ccc(NC(=O)COC(=O)CCN3C(=O)c4ccccc4C3=O)cc2C1=O. The minimum absolute atomic E-state index is 0.165. The summed E-state index contributed by atoms with van der Waals surface area (Å²) >= 11 is 0. The number of benzene rings is 2. The highest BCUT2D eigenvalue weighted by Crippen LogP contribution is 2.25. The standard InChI is InChI=1S/C22H17N3O7/c1-24-19(28)15-7-6-12(10-16(15)20(24)29)23-17(26)11-32-18(27)8-9-25-21(30)13-4-2-3-5-14(13)22(25)31/h2-7,10H,8-9,11H2,1H3,(H,23,26). The van der Waals surface area contributed by atoms with E-state index in [1.165, 1.54) is 25.2 Å². The van der Waals surface area contributed by atoms with Crippen LogP contribution in [0.2, 0.25) is 0 Å². The number of rotatable bonds is 6. The number of amides is 5. The third-order valence-electron chi connectivity index (χ3n) is 5.16. The lowest BCUT2D eigenvalue weighted by molar-refractivity contribution is -0.147. The molecule has 4 rings (SSSR count). The van der Waals surface area contributed by atoms with Crippen molar-refractivity contribution in [3.8, 4) is 0 Å². The summed E-state index contributed by atoms with van der Waals surface area (Å²) in [6, 6.07) is 10.6. The molecule has 0 spiro atoms. The molecule has 0 radical (unpaired) electrons. The van der Waals surface area contributed by atoms with Crippen molar-refractivity contribution in [1.82, 2.24) is 9.80 Å². The van der Waals surface area contributed by atoms with Gasteiger partial charge in [-0.15, -0.1) is 0 Å². The van der Waals surface area contributed by atoms with E-state index >= 15 is 0 Å². The van der Waals surface area contributed by atoms with Gasteiger partial charge in [-0.05, 0) is 30.3 Å². The summed E-state index contributed by atoms with van der Waals surface area (Å²) < 4.78 is 4.90. The maximum atomic E-state index is 12.3. The highest BCUT2D eigenvalue weighted by Gasteiger charge is 2.35. The van der Waals surface area contributed by atoms with Crippen molar-refractivity contribution in [1.29, 1.82) is 0 Å². The fourth-order valence-electron chi connectivity index (χ4n) is 3.50. The Morgan fingerprint density at radius 1 is 0.844 bits per heavy atom. The van der Waals surface area contributed by atoms with Crippen molar-refractivity contribution in [2.24, 2.45) is 0 Å². The Kier molecular flexibility index (Phi) is 5.27. The highest BCUT2D eigenvalue weighted by molar-refractivity contribution is 6.22. The molecule has 5 amide bonds. The van der Waals surface area contributed by atoms with E-state index < -0.39 is 42.1 Å². The Bertz CT molecular complexity index is 1170. The number of hydrogen-bond donors (Lipinski definition) is 1. The van der Waals surface area contributed by atoms with Crippen LogP contribution in [0.4, 0.5) is 5.69 Å². The zero-order valence-electron chi connectivity index (χ0n) is 16.9. The summed E-state index contributed by atoms with van der Waals surface area (Å²) in [5, 5.41) is 2.48. The largest absolute Gasteiger partial charge is 0.456 e. The van der Waals surface area contributed by atoms with Gasteiger partial charge in [0.1, 0.15) is 0 Å². The highest BCUT2D eigenvalue weighted by atomic mass is 16.5. The van der Waals surface area contributed by atoms with Gasteiger partial charge in [-0.1, -0.05) is 12.1 Å². The van der Waals surface area contributed by atoms with Crippen molar-refractivity contribution in [2.45, 2.75) is 6.42 Å². The van der Waals surface area contributed by atoms with Crippen LogP contribution < -0.4 is 5.32 Å². The molecule has 0 saturated carbocycles. The van der Waals surface area contributed by atoms with Gasteiger partial charge in [0.2, 0.25) is 0 Å². The van der Waals surface area contributed by atoms with Crippen LogP contribution >= 0.6 is 0 Å². The van der Waals surface area contributed by atoms with Gasteiger partial charge in [-0.3, -0.25) is 38.6 Å². The molecule has 0 aromatic heterocycles. The molecule has 0 bridgehead atoms. The number of carbonyl (C=O) groups excluding carboxylic acids is 6. The summed E-state index contributed by atoms with van der Waals surface area (Å²) in [6.45, 7) is -0.758. The van der Waals surface area contributed by atoms with E-state index in [9.17, 15) is 28.8 Å². The monoisotopic (exact) mass is 435 g/mol. The molecule has 0 aliphatic carbocycles. The zero-order chi connectivity index (χ0) is 23.0. The minimum Gasteiger partial charge on any atom is -0.456 e. The van der Waals surface area contributed by atoms with Crippen LogP contribution in [0.1, 0.15) is 47.9 Å². The molecule has 0 fully saturated rings. The van der Waals surface area contributed by atoms with Gasteiger partial charge in [0, 0.05) is 19.3 Å². The lowest BCUT2D eigenvalue weighted by Crippen LogP contribution is -2.32. The van der Waals surface area contributed by atoms with Gasteiger partial charge in [-0.25, -0.2) is 0 Å². The van der Waals surface area contributed by atoms with Crippen molar-refractivity contribution in [3.05, 3.63) is 64.7 Å². The van der Waals surface area contributed by atoms with E-state index in [-0.39, 0.29) is 40.9 Å². The first-order valence-electron chi connectivity index (χ1n) is 9.65. The molecule has 2 aromatic carbocycles. The van der Waals surface area contributed by atoms with E-state index in [0.29, 0.717) is 0 Å². The normalized spacial score (nSPS) is 14.5. The first-order valence-corrected chi connectivity index (χ1v) is 9.65. The van der Waals surface area contributed by atoms with Crippen LogP contribution in [0.3, 0.4) is 0 Å². The lowest BCUT2D eigenvalue weighted by Gasteiger charge is -2.13. The lowest BCUT2D eigenvalue weighted by atomic mass is 10.1. The van der Waals surface area contributed by atoms with Gasteiger partial charge < -0.3 is 10.1 Å². The minimum atomic E-state index is -0.756. The van der Waals surface area contributed by atoms with E-state index in [2.05, 4.69) is 5.32 Å². The van der Waals surface area contributed by atoms with Crippen LogP contribution in [-0.4, -0.2) is 65.5 Å². The second-order valence-electron chi connectivity index (χ2n) is 7.20. The Balaban J connectivity index is 1.27. The maximum Gasteiger partial charge on any atom is 0.308 e. The summed E-state index contributed by atoms with van der Waals surface area (Å²) in [6.07, 6.45) is -0.263. The molecular formula is C22H17N3O7. The molecule has 10 heteroatoms. The molecule has 0 atom stereocenters. The quantitative estimate of drug-likeness (QED) is 0.531. The van der Waals surface area contributed by atoms with E-state index in [1.807, 2.05) is 0 Å². The van der Waals surface area contributed by atoms with Crippen LogP contribution in [-0.2, 0) is 14.3 Å². The van der Waals surface area contributed by atoms with Crippen LogP contribution in [0, 0.1) is 0 Å². The number of ether oxygens (including phenoxy) is 1. The third kappa shape index (κ3) is 3.62. The third-order valence-corrected chi connectivity index (χ3v) is 5.16. The molecule has 0 saturated heterocycles. The Hall–Kier alpha value is -4.34. The van der Waals surface area contributed by atoms with Gasteiger partial charge in [0.15, 0.2) is 6.61 Å². The molecule has 2 aromatic rings. The van der Waals surface area contributed by atoms with Crippen molar-refractivity contribution in [2.75, 3.05) is 25.5 Å². The summed E-state index contributed by atoms with van der Waals surface area (Å²) in [5.41, 5.74) is 1.26. The molecule has 0 unspecified atom stereocenters. The molecule has 32 heavy (non-hydrogen) atoms. The van der Waals surface area contributed by atoms with Crippen LogP contribution in [0.15, 0.2) is 42.5 Å². The van der Waals surface area contributed by atoms with Crippen LogP contribution in [0.25, 0.3) is 0 Å². The van der Waals surface area contributed by atoms with Gasteiger partial charge in [0.05, 0.1) is 28.7 Å². The van der Waals surface area contributed by atoms with E-state index in [0.717, 1.165) is 9.80 Å². The zero-order valence-corrected chi connectivity index (χ0v) is 16.9. The van der Waals surface area contributed by atoms with Gasteiger partial charge in [-0.2, -0.15) is 0 Å². The number of nitrogens with one attached hydrogen (secondary N) is 1. The molecule has 10 nitrogen and oxygen atoms in total. The Morgan fingerprint density at radius 3 is 2.09 bits per heavy atom. The fourth-order valence-corrected chi connectivity index (χ4v) is 3.50. The average molecular weight is 435 g/mol. The van der Waals surface area contributed by atoms with E-state index in [4.69, 9.17) is 4.74 Å². The second-order valence-corrected chi connectivity index (χ2v) is 7.20. The summed E-state index contributed by atoms with van der Waals surface area (Å²) in [7, 11) is 1.37. The maximum absolute atomic E-state index is 12.3. The summed E-state index contributed by atoms with van der Waals surface area (Å²) in [5.74, 6) is -3.26. The fraction of sp³-hybridized carbons (Fsp3) is 0.182. The number of nitrogens with zero attached hydrogens (tertiary/aromatic N) is 2. The predicted octanol–water partition coefficient (Wildman–Crippen LogP) is 1.08. The van der Waals surface area contributed by atoms with Gasteiger partial charge >= 0.3 is 5.97 Å². The number of hydrogen-bond acceptors (Lipinski definition) is 7. The molecule has 2 heterocycles. The Labute approximate surface area is 181 Å². The van der Waals surface area contributed by atoms with Crippen LogP contribution in [0.5, 0.6) is 0 Å². The molecule has 1 N–H and O–H groups in total. The smallest absolute Gasteiger partial charge is 0.308 e. The Morgan fingerprint density at radius 2 is 1.44 bits per heavy atom.